The number of aliphatic hydroxyl groups is 1. The molecule has 0 spiro atoms. The van der Waals surface area contributed by atoms with Crippen LogP contribution in [0.5, 0.6) is 0 Å². The molecule has 0 aromatic carbocycles. The summed E-state index contributed by atoms with van der Waals surface area (Å²) >= 11 is 0. The van der Waals surface area contributed by atoms with Crippen LogP contribution in [0.3, 0.4) is 0 Å². The number of methoxy groups -OCH3 is 1. The van der Waals surface area contributed by atoms with Crippen LogP contribution in [-0.2, 0) is 14.3 Å². The Morgan fingerprint density at radius 2 is 2.57 bits per heavy atom. The molecule has 4 heteroatoms. The van der Waals surface area contributed by atoms with Gasteiger partial charge in [-0.25, -0.2) is 0 Å². The average molecular weight is 198 g/mol. The van der Waals surface area contributed by atoms with Crippen molar-refractivity contribution in [1.82, 2.24) is 0 Å². The highest BCUT2D eigenvalue weighted by molar-refractivity contribution is 5.74. The third kappa shape index (κ3) is 1.18. The van der Waals surface area contributed by atoms with Crippen LogP contribution in [0, 0.1) is 5.92 Å². The van der Waals surface area contributed by atoms with Crippen molar-refractivity contribution in [1.29, 1.82) is 0 Å². The van der Waals surface area contributed by atoms with E-state index in [1.165, 1.54) is 6.26 Å². The van der Waals surface area contributed by atoms with Crippen molar-refractivity contribution in [3.05, 3.63) is 11.8 Å². The van der Waals surface area contributed by atoms with Gasteiger partial charge in [0.25, 0.3) is 0 Å². The molecule has 1 fully saturated rings. The summed E-state index contributed by atoms with van der Waals surface area (Å²) in [6.07, 6.45) is 3.78. The molecule has 2 aliphatic rings. The molecule has 0 amide bonds. The molecule has 0 aromatic heterocycles. The Morgan fingerprint density at radius 3 is 3.21 bits per heavy atom. The smallest absolute Gasteiger partial charge is 0.215 e. The molecule has 0 bridgehead atoms. The lowest BCUT2D eigenvalue weighted by Gasteiger charge is -2.39. The fourth-order valence-corrected chi connectivity index (χ4v) is 2.39. The molecular formula is C10H14O4. The molecule has 78 valence electrons. The fraction of sp³-hybridized carbons (Fsp3) is 0.700. The van der Waals surface area contributed by atoms with Gasteiger partial charge in [0.1, 0.15) is 0 Å². The van der Waals surface area contributed by atoms with Crippen LogP contribution in [0.1, 0.15) is 19.3 Å². The van der Waals surface area contributed by atoms with Crippen molar-refractivity contribution in [2.45, 2.75) is 31.2 Å². The highest BCUT2D eigenvalue weighted by Gasteiger charge is 2.51. The van der Waals surface area contributed by atoms with Gasteiger partial charge < -0.3 is 14.6 Å². The van der Waals surface area contributed by atoms with E-state index in [2.05, 4.69) is 0 Å². The van der Waals surface area contributed by atoms with Gasteiger partial charge in [-0.05, 0) is 12.8 Å². The van der Waals surface area contributed by atoms with Gasteiger partial charge in [-0.2, -0.15) is 0 Å². The first kappa shape index (κ1) is 9.68. The maximum atomic E-state index is 10.6. The largest absolute Gasteiger partial charge is 0.469 e. The Balaban J connectivity index is 2.30. The number of hydrogen-bond donors (Lipinski definition) is 1. The molecule has 3 atom stereocenters. The Morgan fingerprint density at radius 1 is 1.79 bits per heavy atom. The van der Waals surface area contributed by atoms with Crippen molar-refractivity contribution in [2.75, 3.05) is 7.11 Å². The van der Waals surface area contributed by atoms with Gasteiger partial charge in [-0.1, -0.05) is 0 Å². The summed E-state index contributed by atoms with van der Waals surface area (Å²) < 4.78 is 10.8. The standard InChI is InChI=1S/C10H14O4/c1-13-10-4-2-3-8(10)9(12)7(5-11)6-14-10/h5-6,8-9,12H,2-4H2,1H3. The predicted octanol–water partition coefficient (Wildman–Crippen LogP) is 0.603. The summed E-state index contributed by atoms with van der Waals surface area (Å²) in [5.74, 6) is -0.816. The summed E-state index contributed by atoms with van der Waals surface area (Å²) in [7, 11) is 1.57. The first-order valence-electron chi connectivity index (χ1n) is 4.80. The van der Waals surface area contributed by atoms with Crippen LogP contribution < -0.4 is 0 Å². The average Bonchev–Trinajstić information content (AvgIpc) is 2.64. The van der Waals surface area contributed by atoms with Crippen molar-refractivity contribution in [3.63, 3.8) is 0 Å². The summed E-state index contributed by atoms with van der Waals surface area (Å²) in [4.78, 5) is 10.6. The molecule has 0 saturated heterocycles. The zero-order chi connectivity index (χ0) is 10.2. The third-order valence-electron chi connectivity index (χ3n) is 3.20. The van der Waals surface area contributed by atoms with Crippen LogP contribution in [0.4, 0.5) is 0 Å². The number of carbonyl (C=O) groups excluding carboxylic acids is 1. The van der Waals surface area contributed by atoms with Crippen LogP contribution >= 0.6 is 0 Å². The summed E-state index contributed by atoms with van der Waals surface area (Å²) in [5, 5.41) is 9.88. The molecule has 14 heavy (non-hydrogen) atoms. The molecule has 1 aliphatic heterocycles. The molecule has 2 rings (SSSR count). The Kier molecular flexibility index (Phi) is 2.33. The lowest BCUT2D eigenvalue weighted by molar-refractivity contribution is -0.235. The van der Waals surface area contributed by atoms with Crippen molar-refractivity contribution in [3.8, 4) is 0 Å². The van der Waals surface area contributed by atoms with Gasteiger partial charge in [-0.15, -0.1) is 0 Å². The van der Waals surface area contributed by atoms with Crippen LogP contribution in [0.15, 0.2) is 11.8 Å². The van der Waals surface area contributed by atoms with E-state index in [9.17, 15) is 9.90 Å². The lowest BCUT2D eigenvalue weighted by atomic mass is 9.89. The van der Waals surface area contributed by atoms with Gasteiger partial charge >= 0.3 is 0 Å². The van der Waals surface area contributed by atoms with Crippen molar-refractivity contribution < 1.29 is 19.4 Å². The molecule has 1 aliphatic carbocycles. The molecule has 3 unspecified atom stereocenters. The second kappa shape index (κ2) is 3.37. The zero-order valence-corrected chi connectivity index (χ0v) is 8.10. The summed E-state index contributed by atoms with van der Waals surface area (Å²) in [6.45, 7) is 0. The number of fused-ring (bicyclic) bond motifs is 1. The van der Waals surface area contributed by atoms with E-state index in [1.807, 2.05) is 0 Å². The Bertz CT molecular complexity index is 273. The number of aliphatic hydroxyl groups excluding tert-OH is 1. The molecule has 4 nitrogen and oxygen atoms in total. The number of ether oxygens (including phenoxy) is 2. The van der Waals surface area contributed by atoms with E-state index in [0.717, 1.165) is 19.3 Å². The minimum absolute atomic E-state index is 0.113. The molecule has 0 radical (unpaired) electrons. The number of carbonyl (C=O) groups is 1. The Labute approximate surface area is 82.5 Å². The normalized spacial score (nSPS) is 41.1. The van der Waals surface area contributed by atoms with E-state index in [1.54, 1.807) is 7.11 Å². The van der Waals surface area contributed by atoms with Crippen LogP contribution in [0.25, 0.3) is 0 Å². The maximum Gasteiger partial charge on any atom is 0.215 e. The van der Waals surface area contributed by atoms with Gasteiger partial charge in [0.2, 0.25) is 5.79 Å². The van der Waals surface area contributed by atoms with Gasteiger partial charge in [0.05, 0.1) is 23.9 Å². The molecular weight excluding hydrogens is 184 g/mol. The minimum atomic E-state index is -0.747. The lowest BCUT2D eigenvalue weighted by Crippen LogP contribution is -2.47. The second-order valence-electron chi connectivity index (χ2n) is 3.81. The first-order chi connectivity index (χ1) is 6.73. The van der Waals surface area contributed by atoms with Gasteiger partial charge in [0.15, 0.2) is 6.29 Å². The minimum Gasteiger partial charge on any atom is -0.469 e. The maximum absolute atomic E-state index is 10.6. The van der Waals surface area contributed by atoms with Crippen LogP contribution in [-0.4, -0.2) is 30.4 Å². The molecule has 1 heterocycles. The Hall–Kier alpha value is -0.870. The molecule has 1 N–H and O–H groups in total. The first-order valence-corrected chi connectivity index (χ1v) is 4.80. The topological polar surface area (TPSA) is 55.8 Å². The monoisotopic (exact) mass is 198 g/mol. The third-order valence-corrected chi connectivity index (χ3v) is 3.20. The van der Waals surface area contributed by atoms with E-state index in [4.69, 9.17) is 9.47 Å². The number of rotatable bonds is 2. The van der Waals surface area contributed by atoms with Gasteiger partial charge in [-0.3, -0.25) is 4.79 Å². The van der Waals surface area contributed by atoms with Crippen LogP contribution in [0.2, 0.25) is 0 Å². The molecule has 1 saturated carbocycles. The van der Waals surface area contributed by atoms with Crippen molar-refractivity contribution in [2.24, 2.45) is 5.92 Å². The predicted molar refractivity (Wildman–Crippen MR) is 48.3 cm³/mol. The van der Waals surface area contributed by atoms with E-state index in [0.29, 0.717) is 11.9 Å². The molecule has 0 aromatic rings. The quantitative estimate of drug-likeness (QED) is 0.660. The number of hydrogen-bond acceptors (Lipinski definition) is 4. The fourth-order valence-electron chi connectivity index (χ4n) is 2.39. The summed E-state index contributed by atoms with van der Waals surface area (Å²) in [5.41, 5.74) is 0.310. The highest BCUT2D eigenvalue weighted by atomic mass is 16.7. The van der Waals surface area contributed by atoms with E-state index >= 15 is 0 Å². The van der Waals surface area contributed by atoms with Crippen molar-refractivity contribution >= 4 is 6.29 Å². The highest BCUT2D eigenvalue weighted by Crippen LogP contribution is 2.45. The second-order valence-corrected chi connectivity index (χ2v) is 3.81. The van der Waals surface area contributed by atoms with E-state index < -0.39 is 11.9 Å². The van der Waals surface area contributed by atoms with E-state index in [-0.39, 0.29) is 5.92 Å². The summed E-state index contributed by atoms with van der Waals surface area (Å²) in [6, 6.07) is 0. The number of aldehydes is 1. The zero-order valence-electron chi connectivity index (χ0n) is 8.10. The van der Waals surface area contributed by atoms with Gasteiger partial charge in [0, 0.05) is 13.5 Å². The SMILES string of the molecule is COC12CCCC1C(O)C(C=O)=CO2.